The van der Waals surface area contributed by atoms with Crippen LogP contribution < -0.4 is 0 Å². The van der Waals surface area contributed by atoms with Gasteiger partial charge in [0.1, 0.15) is 0 Å². The molecule has 0 spiro atoms. The predicted molar refractivity (Wildman–Crippen MR) is 27.7 cm³/mol. The van der Waals surface area contributed by atoms with E-state index in [0.29, 0.717) is 0 Å². The normalized spacial score (nSPS) is 4.00. The maximum absolute atomic E-state index is 8.56. The zero-order valence-electron chi connectivity index (χ0n) is 1.80. The van der Waals surface area contributed by atoms with Gasteiger partial charge in [-0.25, -0.2) is 4.79 Å². The van der Waals surface area contributed by atoms with E-state index in [-0.39, 0.29) is 68.7 Å². The van der Waals surface area contributed by atoms with Crippen LogP contribution in [0.4, 0.5) is 4.79 Å². The Morgan fingerprint density at radius 3 is 1.33 bits per heavy atom. The van der Waals surface area contributed by atoms with Gasteiger partial charge in [0, 0.05) is 0 Å². The van der Waals surface area contributed by atoms with Gasteiger partial charge in [0.2, 0.25) is 0 Å². The molecule has 2 N–H and O–H groups in total. The monoisotopic (exact) mass is 132 g/mol. The molecule has 0 saturated heterocycles. The van der Waals surface area contributed by atoms with E-state index in [9.17, 15) is 0 Å². The molecule has 0 radical (unpaired) electrons. The van der Waals surface area contributed by atoms with Gasteiger partial charge >= 0.3 is 57.5 Å². The summed E-state index contributed by atoms with van der Waals surface area (Å²) in [5.41, 5.74) is 0. The SMILES string of the molecule is O=C(O)O.[AlH3].[KH]. The van der Waals surface area contributed by atoms with E-state index in [1.165, 1.54) is 0 Å². The Morgan fingerprint density at radius 2 is 1.33 bits per heavy atom. The number of hydrogen-bond donors (Lipinski definition) is 2. The van der Waals surface area contributed by atoms with E-state index in [1.54, 1.807) is 0 Å². The van der Waals surface area contributed by atoms with Crippen molar-refractivity contribution < 1.29 is 15.0 Å². The number of carbonyl (C=O) groups is 1. The van der Waals surface area contributed by atoms with Crippen LogP contribution in [0.2, 0.25) is 0 Å². The average Bonchev–Trinajstić information content (AvgIpc) is 0.811. The average molecular weight is 132 g/mol. The van der Waals surface area contributed by atoms with Crippen LogP contribution in [-0.4, -0.2) is 85.1 Å². The molecule has 5 heteroatoms. The summed E-state index contributed by atoms with van der Waals surface area (Å²) in [5, 5.41) is 13.9. The van der Waals surface area contributed by atoms with Gasteiger partial charge in [-0.3, -0.25) is 0 Å². The Bertz CT molecular complexity index is 33.8. The second-order valence-electron chi connectivity index (χ2n) is 0.283. The van der Waals surface area contributed by atoms with Gasteiger partial charge < -0.3 is 10.2 Å². The fourth-order valence-corrected chi connectivity index (χ4v) is 0. The first-order valence-corrected chi connectivity index (χ1v) is 0.651. The molecule has 6 heavy (non-hydrogen) atoms. The summed E-state index contributed by atoms with van der Waals surface area (Å²) >= 11 is 0. The molecule has 0 fully saturated rings. The van der Waals surface area contributed by atoms with E-state index in [2.05, 4.69) is 0 Å². The number of carboxylic acid groups (broad SMARTS) is 2. The molecule has 0 aliphatic rings. The van der Waals surface area contributed by atoms with Crippen LogP contribution in [0.25, 0.3) is 0 Å². The van der Waals surface area contributed by atoms with Gasteiger partial charge in [-0.1, -0.05) is 0 Å². The van der Waals surface area contributed by atoms with Crippen LogP contribution in [0.15, 0.2) is 0 Å². The summed E-state index contributed by atoms with van der Waals surface area (Å²) in [5.74, 6) is 0. The molecule has 0 bridgehead atoms. The minimum atomic E-state index is -1.83. The van der Waals surface area contributed by atoms with Crippen molar-refractivity contribution in [2.45, 2.75) is 0 Å². The van der Waals surface area contributed by atoms with Gasteiger partial charge in [0.25, 0.3) is 0 Å². The second kappa shape index (κ2) is 9.67. The molecule has 0 aromatic carbocycles. The molecule has 0 aromatic heterocycles. The van der Waals surface area contributed by atoms with E-state index in [0.717, 1.165) is 0 Å². The summed E-state index contributed by atoms with van der Waals surface area (Å²) in [6, 6.07) is 0. The van der Waals surface area contributed by atoms with Crippen molar-refractivity contribution in [2.75, 3.05) is 0 Å². The standard InChI is InChI=1S/CH2O3.Al.K.4H/c2-1(3)4;;;;;;/h(H2,2,3,4);;;;;;. The molecule has 0 unspecified atom stereocenters. The Labute approximate surface area is 88.3 Å². The third kappa shape index (κ3) is 51.8. The fourth-order valence-electron chi connectivity index (χ4n) is 0. The summed E-state index contributed by atoms with van der Waals surface area (Å²) in [6.07, 6.45) is -1.83. The molecule has 0 amide bonds. The Kier molecular flexibility index (Phi) is 25.2. The number of rotatable bonds is 0. The predicted octanol–water partition coefficient (Wildman–Crippen LogP) is -1.61. The first kappa shape index (κ1) is 15.7. The van der Waals surface area contributed by atoms with Crippen LogP contribution in [0.1, 0.15) is 0 Å². The Hall–Kier alpha value is 1.44. The van der Waals surface area contributed by atoms with Crippen molar-refractivity contribution in [1.82, 2.24) is 0 Å². The van der Waals surface area contributed by atoms with Crippen LogP contribution >= 0.6 is 0 Å². The molecular formula is CH6AlKO3. The van der Waals surface area contributed by atoms with Crippen molar-refractivity contribution in [3.05, 3.63) is 0 Å². The summed E-state index contributed by atoms with van der Waals surface area (Å²) in [6.45, 7) is 0. The Morgan fingerprint density at radius 1 is 1.33 bits per heavy atom. The zero-order chi connectivity index (χ0) is 3.58. The van der Waals surface area contributed by atoms with Crippen molar-refractivity contribution >= 4 is 74.9 Å². The van der Waals surface area contributed by atoms with Crippen LogP contribution in [0.3, 0.4) is 0 Å². The van der Waals surface area contributed by atoms with Crippen molar-refractivity contribution in [3.63, 3.8) is 0 Å². The van der Waals surface area contributed by atoms with Crippen molar-refractivity contribution in [3.8, 4) is 0 Å². The third-order valence-electron chi connectivity index (χ3n) is 0. The molecule has 0 heterocycles. The molecule has 3 nitrogen and oxygen atoms in total. The van der Waals surface area contributed by atoms with Gasteiger partial charge in [0.05, 0.1) is 0 Å². The van der Waals surface area contributed by atoms with Crippen molar-refractivity contribution in [2.24, 2.45) is 0 Å². The Balaban J connectivity index is -0.0000000450. The summed E-state index contributed by atoms with van der Waals surface area (Å²) in [7, 11) is 0. The first-order chi connectivity index (χ1) is 1.73. The third-order valence-corrected chi connectivity index (χ3v) is 0. The van der Waals surface area contributed by atoms with E-state index >= 15 is 0 Å². The van der Waals surface area contributed by atoms with Crippen LogP contribution in [-0.2, 0) is 0 Å². The first-order valence-electron chi connectivity index (χ1n) is 0.651. The molecular weight excluding hydrogens is 126 g/mol. The van der Waals surface area contributed by atoms with Crippen LogP contribution in [0.5, 0.6) is 0 Å². The second-order valence-corrected chi connectivity index (χ2v) is 0.283. The molecule has 0 atom stereocenters. The molecule has 0 aliphatic heterocycles. The summed E-state index contributed by atoms with van der Waals surface area (Å²) in [4.78, 5) is 8.56. The minimum absolute atomic E-state index is 0. The van der Waals surface area contributed by atoms with Gasteiger partial charge in [0.15, 0.2) is 17.4 Å². The van der Waals surface area contributed by atoms with Crippen molar-refractivity contribution in [1.29, 1.82) is 0 Å². The van der Waals surface area contributed by atoms with Gasteiger partial charge in [-0.05, 0) is 0 Å². The summed E-state index contributed by atoms with van der Waals surface area (Å²) < 4.78 is 0. The molecule has 0 aliphatic carbocycles. The fraction of sp³-hybridized carbons (Fsp3) is 0. The molecule has 32 valence electrons. The topological polar surface area (TPSA) is 57.5 Å². The van der Waals surface area contributed by atoms with Gasteiger partial charge in [-0.15, -0.1) is 0 Å². The molecule has 0 rings (SSSR count). The maximum atomic E-state index is 8.56. The zero-order valence-corrected chi connectivity index (χ0v) is 1.80. The quantitative estimate of drug-likeness (QED) is 0.390. The van der Waals surface area contributed by atoms with Crippen LogP contribution in [0, 0.1) is 0 Å². The van der Waals surface area contributed by atoms with E-state index in [1.807, 2.05) is 0 Å². The molecule has 0 aromatic rings. The molecule has 0 saturated carbocycles. The van der Waals surface area contributed by atoms with Gasteiger partial charge in [-0.2, -0.15) is 0 Å². The van der Waals surface area contributed by atoms with E-state index in [4.69, 9.17) is 15.0 Å². The number of hydrogen-bond acceptors (Lipinski definition) is 1. The van der Waals surface area contributed by atoms with E-state index < -0.39 is 6.16 Å².